The number of carboxylic acids is 1. The molecule has 0 spiro atoms. The lowest BCUT2D eigenvalue weighted by molar-refractivity contribution is -0.137. The van der Waals surface area contributed by atoms with Crippen molar-refractivity contribution in [3.63, 3.8) is 0 Å². The molecule has 2 fully saturated rings. The van der Waals surface area contributed by atoms with Crippen LogP contribution in [0.15, 0.2) is 0 Å². The van der Waals surface area contributed by atoms with Gasteiger partial charge in [-0.3, -0.25) is 4.79 Å². The first-order valence-corrected chi connectivity index (χ1v) is 6.74. The van der Waals surface area contributed by atoms with E-state index in [0.29, 0.717) is 13.0 Å². The monoisotopic (exact) mass is 233 g/mol. The van der Waals surface area contributed by atoms with Crippen LogP contribution in [-0.2, 0) is 14.8 Å². The van der Waals surface area contributed by atoms with Crippen molar-refractivity contribution in [2.45, 2.75) is 43.4 Å². The maximum atomic E-state index is 11.9. The van der Waals surface area contributed by atoms with Gasteiger partial charge in [0.15, 0.2) is 0 Å². The number of carbonyl (C=O) groups is 1. The fraction of sp³-hybridized carbons (Fsp3) is 0.889. The molecule has 1 saturated heterocycles. The molecule has 1 saturated carbocycles. The smallest absolute Gasteiger partial charge is 0.304 e. The van der Waals surface area contributed by atoms with Crippen molar-refractivity contribution in [2.75, 3.05) is 6.54 Å². The summed E-state index contributed by atoms with van der Waals surface area (Å²) in [5.41, 5.74) is 0. The third kappa shape index (κ3) is 2.15. The average molecular weight is 233 g/mol. The second kappa shape index (κ2) is 3.75. The molecular weight excluding hydrogens is 218 g/mol. The summed E-state index contributed by atoms with van der Waals surface area (Å²) in [6, 6.07) is -0.312. The molecule has 2 rings (SSSR count). The molecule has 1 unspecified atom stereocenters. The van der Waals surface area contributed by atoms with Gasteiger partial charge in [0, 0.05) is 12.6 Å². The number of sulfonamides is 1. The summed E-state index contributed by atoms with van der Waals surface area (Å²) in [5.74, 6) is -0.919. The summed E-state index contributed by atoms with van der Waals surface area (Å²) in [5, 5.41) is 8.46. The van der Waals surface area contributed by atoms with Gasteiger partial charge >= 0.3 is 5.97 Å². The molecule has 86 valence electrons. The van der Waals surface area contributed by atoms with Crippen LogP contribution in [0.5, 0.6) is 0 Å². The Balaban J connectivity index is 2.10. The Morgan fingerprint density at radius 3 is 2.53 bits per heavy atom. The first-order chi connectivity index (χ1) is 7.01. The Labute approximate surface area is 89.1 Å². The molecule has 1 N–H and O–H groups in total. The summed E-state index contributed by atoms with van der Waals surface area (Å²) in [6.45, 7) is 0.497. The lowest BCUT2D eigenvalue weighted by Gasteiger charge is -2.22. The minimum atomic E-state index is -3.19. The Morgan fingerprint density at radius 1 is 1.33 bits per heavy atom. The van der Waals surface area contributed by atoms with Crippen LogP contribution in [0.3, 0.4) is 0 Å². The van der Waals surface area contributed by atoms with Crippen molar-refractivity contribution in [3.05, 3.63) is 0 Å². The highest BCUT2D eigenvalue weighted by molar-refractivity contribution is 7.90. The second-order valence-corrected chi connectivity index (χ2v) is 6.41. The van der Waals surface area contributed by atoms with E-state index in [4.69, 9.17) is 5.11 Å². The highest BCUT2D eigenvalue weighted by Crippen LogP contribution is 2.35. The minimum Gasteiger partial charge on any atom is -0.481 e. The fourth-order valence-electron chi connectivity index (χ4n) is 2.11. The maximum absolute atomic E-state index is 11.9. The summed E-state index contributed by atoms with van der Waals surface area (Å²) < 4.78 is 25.3. The third-order valence-electron chi connectivity index (χ3n) is 3.01. The summed E-state index contributed by atoms with van der Waals surface area (Å²) >= 11 is 0. The molecule has 1 atom stereocenters. The van der Waals surface area contributed by atoms with Crippen LogP contribution in [0.1, 0.15) is 32.1 Å². The molecule has 1 heterocycles. The molecule has 6 heteroatoms. The van der Waals surface area contributed by atoms with Crippen LogP contribution in [0, 0.1) is 0 Å². The van der Waals surface area contributed by atoms with Gasteiger partial charge in [-0.25, -0.2) is 8.42 Å². The summed E-state index contributed by atoms with van der Waals surface area (Å²) in [4.78, 5) is 10.6. The van der Waals surface area contributed by atoms with Crippen molar-refractivity contribution in [1.29, 1.82) is 0 Å². The summed E-state index contributed by atoms with van der Waals surface area (Å²) in [7, 11) is -3.19. The van der Waals surface area contributed by atoms with E-state index in [-0.39, 0.29) is 17.7 Å². The van der Waals surface area contributed by atoms with Crippen LogP contribution in [0.4, 0.5) is 0 Å². The molecule has 1 aliphatic carbocycles. The lowest BCUT2D eigenvalue weighted by Crippen LogP contribution is -2.38. The number of hydrogen-bond donors (Lipinski definition) is 1. The van der Waals surface area contributed by atoms with Gasteiger partial charge in [-0.1, -0.05) is 0 Å². The van der Waals surface area contributed by atoms with Crippen molar-refractivity contribution in [3.8, 4) is 0 Å². The van der Waals surface area contributed by atoms with E-state index < -0.39 is 16.0 Å². The standard InChI is InChI=1S/C9H15NO4S/c11-9(12)6-7-2-1-5-10(7)15(13,14)8-3-4-8/h7-8H,1-6H2,(H,11,12). The van der Waals surface area contributed by atoms with Gasteiger partial charge in [-0.15, -0.1) is 0 Å². The van der Waals surface area contributed by atoms with Gasteiger partial charge in [0.05, 0.1) is 11.7 Å². The van der Waals surface area contributed by atoms with Gasteiger partial charge in [0.2, 0.25) is 10.0 Å². The molecule has 0 aromatic rings. The molecule has 0 aromatic heterocycles. The van der Waals surface area contributed by atoms with Gasteiger partial charge in [0.1, 0.15) is 0 Å². The topological polar surface area (TPSA) is 74.7 Å². The Hall–Kier alpha value is -0.620. The number of rotatable bonds is 4. The Morgan fingerprint density at radius 2 is 2.00 bits per heavy atom. The van der Waals surface area contributed by atoms with E-state index in [0.717, 1.165) is 19.3 Å². The highest BCUT2D eigenvalue weighted by Gasteiger charge is 2.44. The van der Waals surface area contributed by atoms with Crippen LogP contribution >= 0.6 is 0 Å². The zero-order valence-corrected chi connectivity index (χ0v) is 9.24. The Bertz CT molecular complexity index is 360. The fourth-order valence-corrected chi connectivity index (χ4v) is 4.20. The number of carboxylic acid groups (broad SMARTS) is 1. The van der Waals surface area contributed by atoms with E-state index in [1.54, 1.807) is 0 Å². The van der Waals surface area contributed by atoms with E-state index in [2.05, 4.69) is 0 Å². The first-order valence-electron chi connectivity index (χ1n) is 5.24. The average Bonchev–Trinajstić information content (AvgIpc) is 2.88. The van der Waals surface area contributed by atoms with Crippen LogP contribution in [0.25, 0.3) is 0 Å². The lowest BCUT2D eigenvalue weighted by atomic mass is 10.2. The normalized spacial score (nSPS) is 28.1. The van der Waals surface area contributed by atoms with Gasteiger partial charge in [-0.05, 0) is 25.7 Å². The number of nitrogens with zero attached hydrogens (tertiary/aromatic N) is 1. The quantitative estimate of drug-likeness (QED) is 0.763. The van der Waals surface area contributed by atoms with Crippen LogP contribution in [-0.4, -0.2) is 41.6 Å². The predicted molar refractivity (Wildman–Crippen MR) is 53.9 cm³/mol. The van der Waals surface area contributed by atoms with E-state index >= 15 is 0 Å². The maximum Gasteiger partial charge on any atom is 0.304 e. The molecule has 0 aromatic carbocycles. The Kier molecular flexibility index (Phi) is 2.72. The van der Waals surface area contributed by atoms with Gasteiger partial charge in [-0.2, -0.15) is 4.31 Å². The van der Waals surface area contributed by atoms with Crippen molar-refractivity contribution >= 4 is 16.0 Å². The van der Waals surface area contributed by atoms with E-state index in [9.17, 15) is 13.2 Å². The first kappa shape index (κ1) is 10.9. The molecule has 0 radical (unpaired) electrons. The molecular formula is C9H15NO4S. The van der Waals surface area contributed by atoms with Crippen molar-refractivity contribution < 1.29 is 18.3 Å². The second-order valence-electron chi connectivity index (χ2n) is 4.25. The minimum absolute atomic E-state index is 0.0635. The van der Waals surface area contributed by atoms with Crippen LogP contribution < -0.4 is 0 Å². The molecule has 15 heavy (non-hydrogen) atoms. The predicted octanol–water partition coefficient (Wildman–Crippen LogP) is 0.418. The molecule has 1 aliphatic heterocycles. The number of aliphatic carboxylic acids is 1. The molecule has 0 bridgehead atoms. The molecule has 5 nitrogen and oxygen atoms in total. The zero-order valence-electron chi connectivity index (χ0n) is 8.42. The largest absolute Gasteiger partial charge is 0.481 e. The van der Waals surface area contributed by atoms with E-state index in [1.165, 1.54) is 4.31 Å². The van der Waals surface area contributed by atoms with Gasteiger partial charge < -0.3 is 5.11 Å². The highest BCUT2D eigenvalue weighted by atomic mass is 32.2. The van der Waals surface area contributed by atoms with E-state index in [1.807, 2.05) is 0 Å². The molecule has 2 aliphatic rings. The summed E-state index contributed by atoms with van der Waals surface area (Å²) in [6.07, 6.45) is 2.87. The number of hydrogen-bond acceptors (Lipinski definition) is 3. The van der Waals surface area contributed by atoms with Crippen molar-refractivity contribution in [2.24, 2.45) is 0 Å². The SMILES string of the molecule is O=C(O)CC1CCCN1S(=O)(=O)C1CC1. The third-order valence-corrected chi connectivity index (χ3v) is 5.45. The van der Waals surface area contributed by atoms with Gasteiger partial charge in [0.25, 0.3) is 0 Å². The van der Waals surface area contributed by atoms with Crippen molar-refractivity contribution in [1.82, 2.24) is 4.31 Å². The van der Waals surface area contributed by atoms with Crippen LogP contribution in [0.2, 0.25) is 0 Å². The molecule has 0 amide bonds. The zero-order chi connectivity index (χ0) is 11.1.